The summed E-state index contributed by atoms with van der Waals surface area (Å²) >= 11 is 5.89. The van der Waals surface area contributed by atoms with Crippen molar-refractivity contribution in [2.45, 2.75) is 0 Å². The topological polar surface area (TPSA) is 41.0 Å². The van der Waals surface area contributed by atoms with Crippen LogP contribution in [0.25, 0.3) is 10.9 Å². The van der Waals surface area contributed by atoms with Gasteiger partial charge in [-0.25, -0.2) is 9.97 Å². The number of fused-ring (bicyclic) bond motifs is 1. The zero-order valence-corrected chi connectivity index (χ0v) is 10.7. The summed E-state index contributed by atoms with van der Waals surface area (Å²) in [4.78, 5) is 10.5. The van der Waals surface area contributed by atoms with Crippen LogP contribution in [0.15, 0.2) is 24.3 Å². The summed E-state index contributed by atoms with van der Waals surface area (Å²) in [5, 5.41) is 4.55. The fourth-order valence-electron chi connectivity index (χ4n) is 1.58. The minimum Gasteiger partial charge on any atom is -0.368 e. The van der Waals surface area contributed by atoms with Crippen molar-refractivity contribution < 1.29 is 0 Å². The van der Waals surface area contributed by atoms with E-state index in [1.165, 1.54) is 0 Å². The van der Waals surface area contributed by atoms with Gasteiger partial charge in [-0.15, -0.1) is 0 Å². The predicted octanol–water partition coefficient (Wildman–Crippen LogP) is 2.26. The van der Waals surface area contributed by atoms with Crippen LogP contribution >= 0.6 is 11.6 Å². The van der Waals surface area contributed by atoms with Crippen LogP contribution in [0, 0.1) is 0 Å². The molecule has 0 spiro atoms. The maximum atomic E-state index is 5.89. The van der Waals surface area contributed by atoms with Crippen molar-refractivity contribution >= 4 is 28.3 Å². The van der Waals surface area contributed by atoms with Crippen molar-refractivity contribution in [3.05, 3.63) is 29.5 Å². The van der Waals surface area contributed by atoms with Gasteiger partial charge in [-0.3, -0.25) is 0 Å². The highest BCUT2D eigenvalue weighted by Crippen LogP contribution is 2.21. The molecule has 5 heteroatoms. The van der Waals surface area contributed by atoms with Crippen LogP contribution in [0.3, 0.4) is 0 Å². The Morgan fingerprint density at radius 2 is 2.00 bits per heavy atom. The Balaban J connectivity index is 2.26. The molecule has 1 heterocycles. The average molecular weight is 251 g/mol. The second-order valence-corrected chi connectivity index (χ2v) is 4.43. The lowest BCUT2D eigenvalue weighted by molar-refractivity contribution is 0.425. The second-order valence-electron chi connectivity index (χ2n) is 4.09. The van der Waals surface area contributed by atoms with Gasteiger partial charge in [-0.2, -0.15) is 0 Å². The fourth-order valence-corrected chi connectivity index (χ4v) is 1.76. The Labute approximate surface area is 106 Å². The molecule has 0 aliphatic heterocycles. The van der Waals surface area contributed by atoms with E-state index in [0.29, 0.717) is 0 Å². The highest BCUT2D eigenvalue weighted by Gasteiger charge is 2.05. The van der Waals surface area contributed by atoms with Crippen molar-refractivity contribution in [2.75, 3.05) is 32.5 Å². The lowest BCUT2D eigenvalue weighted by atomic mass is 10.2. The molecule has 0 aliphatic rings. The van der Waals surface area contributed by atoms with Crippen LogP contribution in [-0.4, -0.2) is 42.1 Å². The third kappa shape index (κ3) is 3.05. The Hall–Kier alpha value is -1.39. The van der Waals surface area contributed by atoms with E-state index in [9.17, 15) is 0 Å². The molecule has 1 N–H and O–H groups in total. The largest absolute Gasteiger partial charge is 0.368 e. The van der Waals surface area contributed by atoms with Gasteiger partial charge in [0, 0.05) is 18.5 Å². The molecule has 1 aromatic carbocycles. The number of nitrogens with one attached hydrogen (secondary N) is 1. The van der Waals surface area contributed by atoms with Crippen molar-refractivity contribution in [1.29, 1.82) is 0 Å². The SMILES string of the molecule is CN(C)CCNc1nc(Cl)nc2ccccc12. The first kappa shape index (κ1) is 12.1. The lowest BCUT2D eigenvalue weighted by Crippen LogP contribution is -2.21. The quantitative estimate of drug-likeness (QED) is 0.846. The van der Waals surface area contributed by atoms with Gasteiger partial charge in [-0.05, 0) is 37.8 Å². The maximum Gasteiger partial charge on any atom is 0.224 e. The number of rotatable bonds is 4. The smallest absolute Gasteiger partial charge is 0.224 e. The molecule has 0 radical (unpaired) electrons. The van der Waals surface area contributed by atoms with Gasteiger partial charge in [0.2, 0.25) is 5.28 Å². The van der Waals surface area contributed by atoms with E-state index in [1.54, 1.807) is 0 Å². The summed E-state index contributed by atoms with van der Waals surface area (Å²) in [5.74, 6) is 0.794. The van der Waals surface area contributed by atoms with Crippen molar-refractivity contribution in [1.82, 2.24) is 14.9 Å². The molecule has 0 aliphatic carbocycles. The molecule has 0 bridgehead atoms. The number of benzene rings is 1. The van der Waals surface area contributed by atoms with Gasteiger partial charge in [0.25, 0.3) is 0 Å². The van der Waals surface area contributed by atoms with Crippen LogP contribution < -0.4 is 5.32 Å². The summed E-state index contributed by atoms with van der Waals surface area (Å²) in [6.07, 6.45) is 0. The Bertz CT molecular complexity index is 513. The van der Waals surface area contributed by atoms with E-state index in [2.05, 4.69) is 20.2 Å². The van der Waals surface area contributed by atoms with Crippen molar-refractivity contribution in [2.24, 2.45) is 0 Å². The minimum atomic E-state index is 0.274. The fraction of sp³-hybridized carbons (Fsp3) is 0.333. The molecule has 1 aromatic heterocycles. The highest BCUT2D eigenvalue weighted by atomic mass is 35.5. The summed E-state index contributed by atoms with van der Waals surface area (Å²) < 4.78 is 0. The number of likely N-dealkylation sites (N-methyl/N-ethyl adjacent to an activating group) is 1. The minimum absolute atomic E-state index is 0.274. The second kappa shape index (κ2) is 5.29. The summed E-state index contributed by atoms with van der Waals surface area (Å²) in [7, 11) is 4.07. The summed E-state index contributed by atoms with van der Waals surface area (Å²) in [5.41, 5.74) is 0.861. The monoisotopic (exact) mass is 250 g/mol. The van der Waals surface area contributed by atoms with Gasteiger partial charge >= 0.3 is 0 Å². The molecule has 0 fully saturated rings. The molecule has 17 heavy (non-hydrogen) atoms. The lowest BCUT2D eigenvalue weighted by Gasteiger charge is -2.12. The first-order chi connectivity index (χ1) is 8.16. The van der Waals surface area contributed by atoms with Crippen LogP contribution in [0.5, 0.6) is 0 Å². The molecular weight excluding hydrogens is 236 g/mol. The van der Waals surface area contributed by atoms with Crippen molar-refractivity contribution in [3.8, 4) is 0 Å². The number of anilines is 1. The molecule has 4 nitrogen and oxygen atoms in total. The van der Waals surface area contributed by atoms with Gasteiger partial charge in [0.15, 0.2) is 0 Å². The molecule has 0 saturated carbocycles. The predicted molar refractivity (Wildman–Crippen MR) is 71.6 cm³/mol. The normalized spacial score (nSPS) is 11.1. The number of para-hydroxylation sites is 1. The van der Waals surface area contributed by atoms with E-state index in [4.69, 9.17) is 11.6 Å². The third-order valence-electron chi connectivity index (χ3n) is 2.43. The molecule has 0 atom stereocenters. The Morgan fingerprint density at radius 3 is 2.76 bits per heavy atom. The maximum absolute atomic E-state index is 5.89. The Morgan fingerprint density at radius 1 is 1.24 bits per heavy atom. The van der Waals surface area contributed by atoms with Crippen LogP contribution in [0.1, 0.15) is 0 Å². The number of aromatic nitrogens is 2. The number of halogens is 1. The highest BCUT2D eigenvalue weighted by molar-refractivity contribution is 6.28. The molecule has 2 aromatic rings. The molecule has 0 amide bonds. The standard InChI is InChI=1S/C12H15ClN4/c1-17(2)8-7-14-11-9-5-3-4-6-10(9)15-12(13)16-11/h3-6H,7-8H2,1-2H3,(H,14,15,16). The summed E-state index contributed by atoms with van der Waals surface area (Å²) in [6.45, 7) is 1.76. The average Bonchev–Trinajstić information content (AvgIpc) is 2.28. The van der Waals surface area contributed by atoms with Crippen molar-refractivity contribution in [3.63, 3.8) is 0 Å². The first-order valence-corrected chi connectivity index (χ1v) is 5.85. The van der Waals surface area contributed by atoms with E-state index in [0.717, 1.165) is 29.8 Å². The van der Waals surface area contributed by atoms with Gasteiger partial charge < -0.3 is 10.2 Å². The first-order valence-electron chi connectivity index (χ1n) is 5.47. The van der Waals surface area contributed by atoms with E-state index < -0.39 is 0 Å². The molecule has 90 valence electrons. The van der Waals surface area contributed by atoms with E-state index in [1.807, 2.05) is 38.4 Å². The third-order valence-corrected chi connectivity index (χ3v) is 2.60. The zero-order valence-electron chi connectivity index (χ0n) is 9.94. The van der Waals surface area contributed by atoms with Gasteiger partial charge in [0.1, 0.15) is 5.82 Å². The van der Waals surface area contributed by atoms with E-state index in [-0.39, 0.29) is 5.28 Å². The number of hydrogen-bond acceptors (Lipinski definition) is 4. The Kier molecular flexibility index (Phi) is 3.76. The number of hydrogen-bond donors (Lipinski definition) is 1. The number of nitrogens with zero attached hydrogens (tertiary/aromatic N) is 3. The molecule has 0 saturated heterocycles. The van der Waals surface area contributed by atoms with Crippen LogP contribution in [0.2, 0.25) is 5.28 Å². The van der Waals surface area contributed by atoms with Crippen LogP contribution in [0.4, 0.5) is 5.82 Å². The summed E-state index contributed by atoms with van der Waals surface area (Å²) in [6, 6.07) is 7.83. The zero-order chi connectivity index (χ0) is 12.3. The van der Waals surface area contributed by atoms with Crippen LogP contribution in [-0.2, 0) is 0 Å². The van der Waals surface area contributed by atoms with Gasteiger partial charge in [-0.1, -0.05) is 12.1 Å². The molecule has 2 rings (SSSR count). The van der Waals surface area contributed by atoms with Gasteiger partial charge in [0.05, 0.1) is 5.52 Å². The molecular formula is C12H15ClN4. The molecule has 0 unspecified atom stereocenters. The van der Waals surface area contributed by atoms with E-state index >= 15 is 0 Å².